The van der Waals surface area contributed by atoms with E-state index in [1.807, 2.05) is 18.2 Å². The van der Waals surface area contributed by atoms with Gasteiger partial charge in [-0.05, 0) is 23.8 Å². The van der Waals surface area contributed by atoms with Crippen LogP contribution in [0.25, 0.3) is 11.3 Å². The fourth-order valence-corrected chi connectivity index (χ4v) is 3.75. The first-order valence-corrected chi connectivity index (χ1v) is 8.08. The third-order valence-corrected chi connectivity index (χ3v) is 4.95. The first kappa shape index (κ1) is 14.3. The first-order chi connectivity index (χ1) is 10.3. The second kappa shape index (κ2) is 6.44. The van der Waals surface area contributed by atoms with Crippen LogP contribution < -0.4 is 0 Å². The maximum atomic E-state index is 10.9. The van der Waals surface area contributed by atoms with E-state index < -0.39 is 6.10 Å². The smallest absolute Gasteiger partial charge is 0.0857 e. The molecule has 1 fully saturated rings. The number of nitrogens with one attached hydrogen (secondary N) is 1. The van der Waals surface area contributed by atoms with Crippen molar-refractivity contribution in [1.29, 1.82) is 0 Å². The summed E-state index contributed by atoms with van der Waals surface area (Å²) < 4.78 is 0. The lowest BCUT2D eigenvalue weighted by Gasteiger charge is -2.34. The van der Waals surface area contributed by atoms with Gasteiger partial charge >= 0.3 is 0 Å². The summed E-state index contributed by atoms with van der Waals surface area (Å²) in [5, 5.41) is 18.2. The van der Waals surface area contributed by atoms with Crippen LogP contribution >= 0.6 is 0 Å². The highest BCUT2D eigenvalue weighted by atomic mass is 16.3. The van der Waals surface area contributed by atoms with Crippen molar-refractivity contribution >= 4 is 0 Å². The summed E-state index contributed by atoms with van der Waals surface area (Å²) in [7, 11) is 0. The minimum atomic E-state index is -0.413. The number of hydrogen-bond acceptors (Lipinski definition) is 2. The molecule has 1 aromatic heterocycles. The van der Waals surface area contributed by atoms with E-state index in [0.717, 1.165) is 29.7 Å². The van der Waals surface area contributed by atoms with Crippen LogP contribution in [0.3, 0.4) is 0 Å². The second-order valence-corrected chi connectivity index (χ2v) is 6.13. The number of nitrogens with zero attached hydrogens (tertiary/aromatic N) is 1. The molecule has 1 aromatic carbocycles. The molecule has 0 spiro atoms. The monoisotopic (exact) mass is 284 g/mol. The molecule has 0 bridgehead atoms. The molecule has 21 heavy (non-hydrogen) atoms. The van der Waals surface area contributed by atoms with Gasteiger partial charge in [0.2, 0.25) is 0 Å². The van der Waals surface area contributed by atoms with Gasteiger partial charge < -0.3 is 5.11 Å². The summed E-state index contributed by atoms with van der Waals surface area (Å²) in [5.41, 5.74) is 3.00. The maximum Gasteiger partial charge on any atom is 0.0857 e. The Morgan fingerprint density at radius 1 is 1.24 bits per heavy atom. The zero-order chi connectivity index (χ0) is 14.7. The molecule has 0 saturated heterocycles. The van der Waals surface area contributed by atoms with E-state index >= 15 is 0 Å². The zero-order valence-corrected chi connectivity index (χ0v) is 12.6. The van der Waals surface area contributed by atoms with Crippen LogP contribution in [0.2, 0.25) is 0 Å². The summed E-state index contributed by atoms with van der Waals surface area (Å²) in [6, 6.07) is 10.2. The van der Waals surface area contributed by atoms with Crippen molar-refractivity contribution < 1.29 is 5.11 Å². The third kappa shape index (κ3) is 2.88. The highest BCUT2D eigenvalue weighted by Gasteiger charge is 2.32. The van der Waals surface area contributed by atoms with E-state index in [2.05, 4.69) is 29.3 Å². The van der Waals surface area contributed by atoms with Gasteiger partial charge in [0.15, 0.2) is 0 Å². The van der Waals surface area contributed by atoms with E-state index in [4.69, 9.17) is 0 Å². The van der Waals surface area contributed by atoms with Crippen LogP contribution in [0.4, 0.5) is 0 Å². The van der Waals surface area contributed by atoms with Gasteiger partial charge in [0.25, 0.3) is 0 Å². The minimum Gasteiger partial charge on any atom is -0.388 e. The van der Waals surface area contributed by atoms with Gasteiger partial charge in [-0.3, -0.25) is 5.10 Å². The van der Waals surface area contributed by atoms with E-state index in [1.54, 1.807) is 6.20 Å². The number of aliphatic hydroxyl groups excluding tert-OH is 1. The van der Waals surface area contributed by atoms with Gasteiger partial charge in [0.1, 0.15) is 0 Å². The third-order valence-electron chi connectivity index (χ3n) is 4.95. The molecule has 0 radical (unpaired) electrons. The summed E-state index contributed by atoms with van der Waals surface area (Å²) >= 11 is 0. The van der Waals surface area contributed by atoms with Gasteiger partial charge in [-0.2, -0.15) is 5.10 Å². The van der Waals surface area contributed by atoms with Crippen molar-refractivity contribution in [2.75, 3.05) is 0 Å². The van der Waals surface area contributed by atoms with Crippen LogP contribution in [0.15, 0.2) is 36.5 Å². The van der Waals surface area contributed by atoms with Gasteiger partial charge in [-0.25, -0.2) is 0 Å². The number of aromatic amines is 1. The average Bonchev–Trinajstić information content (AvgIpc) is 3.04. The molecule has 1 aliphatic rings. The Kier molecular flexibility index (Phi) is 4.39. The summed E-state index contributed by atoms with van der Waals surface area (Å²) in [4.78, 5) is 0. The first-order valence-electron chi connectivity index (χ1n) is 8.08. The Bertz CT molecular complexity index is 564. The second-order valence-electron chi connectivity index (χ2n) is 6.13. The van der Waals surface area contributed by atoms with E-state index in [0.29, 0.717) is 11.8 Å². The molecule has 1 saturated carbocycles. The lowest BCUT2D eigenvalue weighted by atomic mass is 9.73. The standard InChI is InChI=1S/C18H24N2O/c1-2-13-8-6-7-11-15(13)18(21)16-12-19-20-17(16)14-9-4-3-5-10-14/h3-5,9-10,12-13,15,18,21H,2,6-8,11H2,1H3,(H,19,20). The minimum absolute atomic E-state index is 0.365. The Hall–Kier alpha value is -1.61. The van der Waals surface area contributed by atoms with Crippen LogP contribution in [0.5, 0.6) is 0 Å². The predicted molar refractivity (Wildman–Crippen MR) is 84.7 cm³/mol. The Balaban J connectivity index is 1.88. The fourth-order valence-electron chi connectivity index (χ4n) is 3.75. The topological polar surface area (TPSA) is 48.9 Å². The SMILES string of the molecule is CCC1CCCCC1C(O)c1cn[nH]c1-c1ccccc1. The van der Waals surface area contributed by atoms with Gasteiger partial charge in [0, 0.05) is 5.56 Å². The van der Waals surface area contributed by atoms with E-state index in [1.165, 1.54) is 19.3 Å². The van der Waals surface area contributed by atoms with Gasteiger partial charge in [-0.15, -0.1) is 0 Å². The van der Waals surface area contributed by atoms with Gasteiger partial charge in [0.05, 0.1) is 18.0 Å². The van der Waals surface area contributed by atoms with Crippen LogP contribution in [0, 0.1) is 11.8 Å². The predicted octanol–water partition coefficient (Wildman–Crippen LogP) is 4.33. The quantitative estimate of drug-likeness (QED) is 0.878. The highest BCUT2D eigenvalue weighted by molar-refractivity contribution is 5.62. The normalized spacial score (nSPS) is 23.9. The maximum absolute atomic E-state index is 10.9. The van der Waals surface area contributed by atoms with Crippen molar-refractivity contribution in [1.82, 2.24) is 10.2 Å². The zero-order valence-electron chi connectivity index (χ0n) is 12.6. The molecule has 1 heterocycles. The molecule has 1 aliphatic carbocycles. The summed E-state index contributed by atoms with van der Waals surface area (Å²) in [6.07, 6.45) is 7.45. The average molecular weight is 284 g/mol. The largest absolute Gasteiger partial charge is 0.388 e. The van der Waals surface area contributed by atoms with Crippen molar-refractivity contribution in [2.24, 2.45) is 11.8 Å². The van der Waals surface area contributed by atoms with Gasteiger partial charge in [-0.1, -0.05) is 62.9 Å². The molecule has 3 nitrogen and oxygen atoms in total. The molecule has 2 N–H and O–H groups in total. The number of H-pyrrole nitrogens is 1. The molecule has 2 aromatic rings. The number of benzene rings is 1. The molecular weight excluding hydrogens is 260 g/mol. The Morgan fingerprint density at radius 2 is 2.00 bits per heavy atom. The number of aromatic nitrogens is 2. The van der Waals surface area contributed by atoms with E-state index in [-0.39, 0.29) is 0 Å². The van der Waals surface area contributed by atoms with Crippen molar-refractivity contribution in [3.8, 4) is 11.3 Å². The Morgan fingerprint density at radius 3 is 2.76 bits per heavy atom. The van der Waals surface area contributed by atoms with Crippen molar-refractivity contribution in [3.63, 3.8) is 0 Å². The van der Waals surface area contributed by atoms with Crippen LogP contribution in [-0.2, 0) is 0 Å². The fraction of sp³-hybridized carbons (Fsp3) is 0.500. The lowest BCUT2D eigenvalue weighted by molar-refractivity contribution is 0.0456. The molecule has 3 atom stereocenters. The molecule has 3 unspecified atom stereocenters. The molecule has 0 amide bonds. The molecule has 0 aliphatic heterocycles. The van der Waals surface area contributed by atoms with E-state index in [9.17, 15) is 5.11 Å². The lowest BCUT2D eigenvalue weighted by Crippen LogP contribution is -2.25. The number of hydrogen-bond donors (Lipinski definition) is 2. The number of rotatable bonds is 4. The Labute approximate surface area is 126 Å². The van der Waals surface area contributed by atoms with Crippen molar-refractivity contribution in [2.45, 2.75) is 45.1 Å². The summed E-state index contributed by atoms with van der Waals surface area (Å²) in [5.74, 6) is 0.996. The number of aliphatic hydroxyl groups is 1. The van der Waals surface area contributed by atoms with Crippen LogP contribution in [0.1, 0.15) is 50.7 Å². The summed E-state index contributed by atoms with van der Waals surface area (Å²) in [6.45, 7) is 2.24. The van der Waals surface area contributed by atoms with Crippen LogP contribution in [-0.4, -0.2) is 15.3 Å². The molecule has 3 rings (SSSR count). The molecule has 112 valence electrons. The molecular formula is C18H24N2O. The highest BCUT2D eigenvalue weighted by Crippen LogP contribution is 2.42. The van der Waals surface area contributed by atoms with Crippen molar-refractivity contribution in [3.05, 3.63) is 42.1 Å². The molecule has 3 heteroatoms.